The maximum absolute atomic E-state index is 12.2. The van der Waals surface area contributed by atoms with E-state index in [4.69, 9.17) is 9.47 Å². The Hall–Kier alpha value is -0.870. The highest BCUT2D eigenvalue weighted by molar-refractivity contribution is 9.10. The molecule has 1 aromatic rings. The Balaban J connectivity index is 2.03. The van der Waals surface area contributed by atoms with E-state index in [0.717, 1.165) is 10.9 Å². The zero-order chi connectivity index (χ0) is 11.1. The van der Waals surface area contributed by atoms with Crippen molar-refractivity contribution in [2.24, 2.45) is 5.92 Å². The molecule has 3 nitrogen and oxygen atoms in total. The van der Waals surface area contributed by atoms with Gasteiger partial charge < -0.3 is 9.47 Å². The zero-order valence-corrected chi connectivity index (χ0v) is 10.2. The van der Waals surface area contributed by atoms with Crippen molar-refractivity contribution >= 4 is 21.7 Å². The summed E-state index contributed by atoms with van der Waals surface area (Å²) in [5.41, 5.74) is 0.668. The van der Waals surface area contributed by atoms with E-state index >= 15 is 0 Å². The Morgan fingerprint density at radius 1 is 1.38 bits per heavy atom. The molecule has 0 spiro atoms. The molecule has 3 rings (SSSR count). The van der Waals surface area contributed by atoms with E-state index in [2.05, 4.69) is 15.9 Å². The van der Waals surface area contributed by atoms with Crippen LogP contribution in [-0.4, -0.2) is 25.1 Å². The summed E-state index contributed by atoms with van der Waals surface area (Å²) in [4.78, 5) is 12.2. The zero-order valence-electron chi connectivity index (χ0n) is 8.61. The van der Waals surface area contributed by atoms with E-state index < -0.39 is 0 Å². The van der Waals surface area contributed by atoms with Crippen molar-refractivity contribution in [3.05, 3.63) is 28.2 Å². The Bertz CT molecular complexity index is 444. The monoisotopic (exact) mass is 282 g/mol. The molecule has 2 heterocycles. The van der Waals surface area contributed by atoms with Gasteiger partial charge in [-0.05, 0) is 18.2 Å². The summed E-state index contributed by atoms with van der Waals surface area (Å²) < 4.78 is 12.1. The number of rotatable bonds is 0. The Morgan fingerprint density at radius 3 is 3.12 bits per heavy atom. The summed E-state index contributed by atoms with van der Waals surface area (Å²) in [5, 5.41) is 0. The molecule has 4 heteroatoms. The van der Waals surface area contributed by atoms with Crippen molar-refractivity contribution in [3.63, 3.8) is 0 Å². The molecule has 0 unspecified atom stereocenters. The van der Waals surface area contributed by atoms with Gasteiger partial charge in [0.1, 0.15) is 11.9 Å². The second-order valence-corrected chi connectivity index (χ2v) is 5.05. The second kappa shape index (κ2) is 3.86. The quantitative estimate of drug-likeness (QED) is 0.733. The Labute approximate surface area is 102 Å². The van der Waals surface area contributed by atoms with E-state index in [1.54, 1.807) is 0 Å². The van der Waals surface area contributed by atoms with Gasteiger partial charge in [-0.3, -0.25) is 4.79 Å². The number of Topliss-reactive ketones (excluding diaryl/α,β-unsaturated/α-hetero) is 1. The lowest BCUT2D eigenvalue weighted by molar-refractivity contribution is -0.0212. The number of hydrogen-bond donors (Lipinski definition) is 0. The summed E-state index contributed by atoms with van der Waals surface area (Å²) in [6.07, 6.45) is 0.793. The highest BCUT2D eigenvalue weighted by atomic mass is 79.9. The number of ether oxygens (including phenoxy) is 2. The van der Waals surface area contributed by atoms with Crippen LogP contribution in [0.4, 0.5) is 0 Å². The molecule has 16 heavy (non-hydrogen) atoms. The van der Waals surface area contributed by atoms with Gasteiger partial charge in [-0.15, -0.1) is 0 Å². The predicted molar refractivity (Wildman–Crippen MR) is 61.8 cm³/mol. The van der Waals surface area contributed by atoms with Crippen LogP contribution >= 0.6 is 15.9 Å². The van der Waals surface area contributed by atoms with Crippen molar-refractivity contribution < 1.29 is 14.3 Å². The van der Waals surface area contributed by atoms with Crippen LogP contribution in [0.15, 0.2) is 22.7 Å². The van der Waals surface area contributed by atoms with Crippen molar-refractivity contribution in [3.8, 4) is 5.75 Å². The van der Waals surface area contributed by atoms with Gasteiger partial charge in [0.15, 0.2) is 5.78 Å². The molecule has 2 atom stereocenters. The van der Waals surface area contributed by atoms with Gasteiger partial charge in [-0.25, -0.2) is 0 Å². The molecule has 1 aromatic carbocycles. The first-order chi connectivity index (χ1) is 7.75. The van der Waals surface area contributed by atoms with Crippen LogP contribution in [0.5, 0.6) is 5.75 Å². The highest BCUT2D eigenvalue weighted by Crippen LogP contribution is 2.35. The summed E-state index contributed by atoms with van der Waals surface area (Å²) in [5.74, 6) is 0.721. The van der Waals surface area contributed by atoms with Gasteiger partial charge in [-0.2, -0.15) is 0 Å². The summed E-state index contributed by atoms with van der Waals surface area (Å²) >= 11 is 3.37. The average molecular weight is 283 g/mol. The van der Waals surface area contributed by atoms with Crippen molar-refractivity contribution in [2.75, 3.05) is 13.2 Å². The molecule has 1 fully saturated rings. The van der Waals surface area contributed by atoms with Crippen molar-refractivity contribution in [2.45, 2.75) is 12.5 Å². The van der Waals surface area contributed by atoms with Crippen LogP contribution in [0.25, 0.3) is 0 Å². The number of benzene rings is 1. The normalized spacial score (nSPS) is 27.9. The van der Waals surface area contributed by atoms with E-state index in [1.807, 2.05) is 18.2 Å². The first-order valence-corrected chi connectivity index (χ1v) is 6.13. The lowest BCUT2D eigenvalue weighted by Gasteiger charge is -2.35. The average Bonchev–Trinajstić information content (AvgIpc) is 2.31. The number of fused-ring (bicyclic) bond motifs is 2. The van der Waals surface area contributed by atoms with E-state index in [9.17, 15) is 4.79 Å². The molecule has 0 amide bonds. The second-order valence-electron chi connectivity index (χ2n) is 4.13. The highest BCUT2D eigenvalue weighted by Gasteiger charge is 2.39. The third kappa shape index (κ3) is 1.57. The number of carbonyl (C=O) groups excluding carboxylic acids is 1. The molecule has 2 aliphatic rings. The smallest absolute Gasteiger partial charge is 0.175 e. The lowest BCUT2D eigenvalue weighted by Crippen LogP contribution is -2.44. The molecule has 1 saturated heterocycles. The van der Waals surface area contributed by atoms with Crippen LogP contribution < -0.4 is 4.74 Å². The molecule has 84 valence electrons. The largest absolute Gasteiger partial charge is 0.489 e. The third-order valence-corrected chi connectivity index (χ3v) is 3.61. The van der Waals surface area contributed by atoms with Crippen molar-refractivity contribution in [1.82, 2.24) is 0 Å². The summed E-state index contributed by atoms with van der Waals surface area (Å²) in [7, 11) is 0. The first-order valence-electron chi connectivity index (χ1n) is 5.34. The van der Waals surface area contributed by atoms with E-state index in [-0.39, 0.29) is 17.8 Å². The Kier molecular flexibility index (Phi) is 2.48. The molecule has 2 aliphatic heterocycles. The molecule has 0 saturated carbocycles. The fourth-order valence-electron chi connectivity index (χ4n) is 2.26. The molecule has 0 bridgehead atoms. The number of carbonyl (C=O) groups is 1. The van der Waals surface area contributed by atoms with Crippen molar-refractivity contribution in [1.29, 1.82) is 0 Å². The van der Waals surface area contributed by atoms with Gasteiger partial charge in [0, 0.05) is 10.9 Å². The predicted octanol–water partition coefficient (Wildman–Crippen LogP) is 2.43. The van der Waals surface area contributed by atoms with E-state index in [0.29, 0.717) is 24.5 Å². The van der Waals surface area contributed by atoms with Gasteiger partial charge in [0.05, 0.1) is 24.7 Å². The molecule has 0 aliphatic carbocycles. The number of ketones is 1. The summed E-state index contributed by atoms with van der Waals surface area (Å²) in [6, 6.07) is 5.57. The van der Waals surface area contributed by atoms with Crippen LogP contribution in [0, 0.1) is 5.92 Å². The number of halogens is 1. The lowest BCUT2D eigenvalue weighted by atomic mass is 9.87. The SMILES string of the molecule is O=C1c2cc(Br)ccc2O[C@@H]2CCOC[C@H]12. The molecular formula is C12H11BrO3. The number of hydrogen-bond acceptors (Lipinski definition) is 3. The topological polar surface area (TPSA) is 35.5 Å². The Morgan fingerprint density at radius 2 is 2.25 bits per heavy atom. The minimum absolute atomic E-state index is 0.00470. The van der Waals surface area contributed by atoms with Gasteiger partial charge in [0.25, 0.3) is 0 Å². The van der Waals surface area contributed by atoms with Crippen LogP contribution in [0.2, 0.25) is 0 Å². The fourth-order valence-corrected chi connectivity index (χ4v) is 2.63. The van der Waals surface area contributed by atoms with E-state index in [1.165, 1.54) is 0 Å². The van der Waals surface area contributed by atoms with Crippen LogP contribution in [-0.2, 0) is 4.74 Å². The maximum Gasteiger partial charge on any atom is 0.175 e. The van der Waals surface area contributed by atoms with Crippen LogP contribution in [0.3, 0.4) is 0 Å². The standard InChI is InChI=1S/C12H11BrO3/c13-7-1-2-10-8(5-7)12(14)9-6-15-4-3-11(9)16-10/h1-2,5,9,11H,3-4,6H2/t9-,11+/m0/s1. The minimum atomic E-state index is -0.129. The van der Waals surface area contributed by atoms with Gasteiger partial charge in [-0.1, -0.05) is 15.9 Å². The molecule has 0 N–H and O–H groups in total. The molecular weight excluding hydrogens is 272 g/mol. The molecule has 0 radical (unpaired) electrons. The maximum atomic E-state index is 12.2. The van der Waals surface area contributed by atoms with Gasteiger partial charge in [0.2, 0.25) is 0 Å². The first kappa shape index (κ1) is 10.3. The minimum Gasteiger partial charge on any atom is -0.489 e. The molecule has 0 aromatic heterocycles. The summed E-state index contributed by atoms with van der Waals surface area (Å²) in [6.45, 7) is 1.16. The fraction of sp³-hybridized carbons (Fsp3) is 0.417. The third-order valence-electron chi connectivity index (χ3n) is 3.12. The van der Waals surface area contributed by atoms with Gasteiger partial charge >= 0.3 is 0 Å². The van der Waals surface area contributed by atoms with Crippen LogP contribution in [0.1, 0.15) is 16.8 Å².